The van der Waals surface area contributed by atoms with Crippen molar-refractivity contribution in [3.63, 3.8) is 0 Å². The molecular formula is C58H76FN9O8S. The number of hydrogen-bond acceptors (Lipinski definition) is 15. The average Bonchev–Trinajstić information content (AvgIpc) is 3.81. The molecule has 1 aromatic carbocycles. The van der Waals surface area contributed by atoms with Gasteiger partial charge in [0.1, 0.15) is 28.4 Å². The van der Waals surface area contributed by atoms with Crippen molar-refractivity contribution in [3.8, 4) is 22.5 Å². The first kappa shape index (κ1) is 51.8. The van der Waals surface area contributed by atoms with E-state index in [1.807, 2.05) is 23.4 Å². The van der Waals surface area contributed by atoms with Crippen molar-refractivity contribution in [3.05, 3.63) is 52.1 Å². The van der Waals surface area contributed by atoms with E-state index in [-0.39, 0.29) is 49.2 Å². The summed E-state index contributed by atoms with van der Waals surface area (Å²) in [6.45, 7) is 15.6. The number of aromatic nitrogens is 3. The highest BCUT2D eigenvalue weighted by atomic mass is 32.1. The van der Waals surface area contributed by atoms with Crippen LogP contribution in [0.3, 0.4) is 0 Å². The lowest BCUT2D eigenvalue weighted by Gasteiger charge is -2.55. The number of alkyl halides is 1. The van der Waals surface area contributed by atoms with Crippen LogP contribution in [0, 0.1) is 17.3 Å². The Balaban J connectivity index is 0.959. The lowest BCUT2D eigenvalue weighted by Crippen LogP contribution is -2.75. The van der Waals surface area contributed by atoms with Gasteiger partial charge in [0.05, 0.1) is 66.5 Å². The number of benzene rings is 1. The predicted molar refractivity (Wildman–Crippen MR) is 289 cm³/mol. The summed E-state index contributed by atoms with van der Waals surface area (Å²) in [5, 5.41) is 8.38. The number of nitrogens with one attached hydrogen (secondary N) is 2. The van der Waals surface area contributed by atoms with Crippen molar-refractivity contribution in [2.45, 2.75) is 152 Å². The summed E-state index contributed by atoms with van der Waals surface area (Å²) >= 11 is 1.42. The van der Waals surface area contributed by atoms with Gasteiger partial charge in [0.2, 0.25) is 0 Å². The lowest BCUT2D eigenvalue weighted by molar-refractivity contribution is -0.180. The molecule has 5 atom stereocenters. The van der Waals surface area contributed by atoms with Crippen molar-refractivity contribution in [1.29, 1.82) is 0 Å². The molecule has 17 nitrogen and oxygen atoms in total. The monoisotopic (exact) mass is 1080 g/mol. The maximum atomic E-state index is 15.5. The normalized spacial score (nSPS) is 32.2. The highest BCUT2D eigenvalue weighted by Crippen LogP contribution is 2.53. The van der Waals surface area contributed by atoms with Gasteiger partial charge in [-0.2, -0.15) is 0 Å². The number of nitrogens with zero attached hydrogens (tertiary/aromatic N) is 7. The van der Waals surface area contributed by atoms with Crippen molar-refractivity contribution in [2.24, 2.45) is 17.3 Å². The first-order chi connectivity index (χ1) is 37.2. The Hall–Kier alpha value is -4.60. The third kappa shape index (κ3) is 9.59. The zero-order chi connectivity index (χ0) is 53.0. The number of hydrazine groups is 1. The maximum absolute atomic E-state index is 15.5. The van der Waals surface area contributed by atoms with Crippen LogP contribution in [0.1, 0.15) is 114 Å². The van der Waals surface area contributed by atoms with Gasteiger partial charge in [-0.1, -0.05) is 19.9 Å². The molecule has 9 bridgehead atoms. The molecular weight excluding hydrogens is 1000 g/mol. The third-order valence-electron chi connectivity index (χ3n) is 18.8. The molecule has 3 saturated carbocycles. The molecule has 19 heteroatoms. The van der Waals surface area contributed by atoms with Gasteiger partial charge in [-0.3, -0.25) is 29.4 Å². The quantitative estimate of drug-likeness (QED) is 0.143. The van der Waals surface area contributed by atoms with E-state index in [9.17, 15) is 9.59 Å². The molecule has 414 valence electrons. The largest absolute Gasteiger partial charge is 0.464 e. The fourth-order valence-corrected chi connectivity index (χ4v) is 15.2. The number of halogens is 1. The first-order valence-electron chi connectivity index (χ1n) is 28.6. The van der Waals surface area contributed by atoms with E-state index in [1.165, 1.54) is 29.2 Å². The molecule has 3 aromatic heterocycles. The van der Waals surface area contributed by atoms with Crippen LogP contribution in [-0.4, -0.2) is 168 Å². The third-order valence-corrected chi connectivity index (χ3v) is 19.7. The van der Waals surface area contributed by atoms with Gasteiger partial charge in [0.15, 0.2) is 0 Å². The molecule has 2 N–H and O–H groups in total. The topological polar surface area (TPSA) is 165 Å². The van der Waals surface area contributed by atoms with Gasteiger partial charge in [-0.25, -0.2) is 19.6 Å². The summed E-state index contributed by atoms with van der Waals surface area (Å²) in [5.74, 6) is -0.814. The highest BCUT2D eigenvalue weighted by Gasteiger charge is 2.62. The van der Waals surface area contributed by atoms with E-state index in [0.29, 0.717) is 89.0 Å². The fourth-order valence-electron chi connectivity index (χ4n) is 14.2. The van der Waals surface area contributed by atoms with Crippen LogP contribution >= 0.6 is 11.3 Å². The molecule has 1 spiro atoms. The average molecular weight is 1080 g/mol. The van der Waals surface area contributed by atoms with Gasteiger partial charge in [-0.15, -0.1) is 11.3 Å². The smallest absolute Gasteiger partial charge is 0.328 e. The van der Waals surface area contributed by atoms with Crippen LogP contribution < -0.4 is 15.6 Å². The zero-order valence-corrected chi connectivity index (χ0v) is 46.2. The molecule has 0 unspecified atom stereocenters. The van der Waals surface area contributed by atoms with Crippen LogP contribution in [0.4, 0.5) is 10.1 Å². The number of methoxy groups -OCH3 is 1. The molecule has 8 aliphatic heterocycles. The molecule has 77 heavy (non-hydrogen) atoms. The Morgan fingerprint density at radius 3 is 2.51 bits per heavy atom. The van der Waals surface area contributed by atoms with Crippen molar-refractivity contribution < 1.29 is 42.5 Å². The van der Waals surface area contributed by atoms with Gasteiger partial charge in [0.25, 0.3) is 11.8 Å². The highest BCUT2D eigenvalue weighted by molar-refractivity contribution is 7.10. The number of ether oxygens (including phenoxy) is 5. The van der Waals surface area contributed by atoms with Crippen molar-refractivity contribution >= 4 is 45.7 Å². The summed E-state index contributed by atoms with van der Waals surface area (Å²) < 4.78 is 49.2. The van der Waals surface area contributed by atoms with E-state index in [2.05, 4.69) is 70.1 Å². The summed E-state index contributed by atoms with van der Waals surface area (Å²) in [7, 11) is 1.73. The number of rotatable bonds is 12. The molecule has 15 rings (SSSR count). The molecule has 7 saturated heterocycles. The number of fused-ring (bicyclic) bond motifs is 5. The minimum atomic E-state index is -1.17. The number of amides is 2. The second kappa shape index (κ2) is 20.2. The molecule has 4 aromatic rings. The minimum absolute atomic E-state index is 0.0471. The molecule has 3 aliphatic carbocycles. The molecule has 11 aliphatic rings. The van der Waals surface area contributed by atoms with Gasteiger partial charge >= 0.3 is 5.97 Å². The summed E-state index contributed by atoms with van der Waals surface area (Å²) in [6.07, 6.45) is 7.95. The summed E-state index contributed by atoms with van der Waals surface area (Å²) in [6, 6.07) is 7.59. The molecule has 0 radical (unpaired) electrons. The Bertz CT molecular complexity index is 2900. The Labute approximate surface area is 454 Å². The van der Waals surface area contributed by atoms with Gasteiger partial charge in [0, 0.05) is 112 Å². The van der Waals surface area contributed by atoms with E-state index in [4.69, 9.17) is 33.7 Å². The maximum Gasteiger partial charge on any atom is 0.328 e. The molecule has 11 heterocycles. The summed E-state index contributed by atoms with van der Waals surface area (Å²) in [4.78, 5) is 62.4. The number of pyridine rings is 1. The van der Waals surface area contributed by atoms with Crippen LogP contribution in [0.15, 0.2) is 35.8 Å². The Kier molecular flexibility index (Phi) is 13.6. The van der Waals surface area contributed by atoms with Crippen molar-refractivity contribution in [2.75, 3.05) is 84.3 Å². The number of cyclic esters (lactones) is 1. The number of piperazine rings is 1. The molecule has 2 amide bonds. The van der Waals surface area contributed by atoms with Crippen LogP contribution in [-0.2, 0) is 51.0 Å². The van der Waals surface area contributed by atoms with E-state index in [1.54, 1.807) is 7.11 Å². The molecule has 10 fully saturated rings. The van der Waals surface area contributed by atoms with Crippen LogP contribution in [0.2, 0.25) is 0 Å². The number of likely N-dealkylation sites (tertiary alicyclic amines) is 1. The minimum Gasteiger partial charge on any atom is -0.464 e. The second-order valence-electron chi connectivity index (χ2n) is 24.8. The SMILES string of the molecule is CO[C@@H](C)c1ncc(N2CCN(C3CC3)CC2)cc1-c1c2c3cc(ccc3n1CCOC1CCOCC1)-c1csc(n1)[C@@H](N1CC[C@H](F)C1)[C@H](NC(=O)C13CC(C1)[C@H](C)O3)C(=O)N1CC3CC(C3)(N1)C(=O)OCC(C)(C)C2. The summed E-state index contributed by atoms with van der Waals surface area (Å²) in [5.41, 5.74) is 8.29. The standard InChI is InChI=1S/C58H76FN9O8S/c1-34-38-26-58(27-38,76-34)54(70)62-49-51(66-13-10-39(59)31-66)52-61-46(32-77-52)37-6-9-47-43(22-37)45(28-56(3,4)33-75-55(71)57-24-36(25-57)30-68(63-57)53(49)69)50(67(47)18-21-74-42-11-19-73-20-12-42)44-23-41(29-60-48(44)35(2)72-5)65-16-14-64(15-17-65)40-7-8-40/h6,9,22-23,29,32,34-36,38-40,42,49,51,63H,7-8,10-21,24-28,30-31,33H2,1-5H3,(H,62,70)/t34-,35-,36?,38?,39-,49-,51-,57?,58?/m0/s1. The first-order valence-corrected chi connectivity index (χ1v) is 29.5. The number of anilines is 1. The van der Waals surface area contributed by atoms with Gasteiger partial charge < -0.3 is 38.5 Å². The Morgan fingerprint density at radius 2 is 1.79 bits per heavy atom. The zero-order valence-electron chi connectivity index (χ0n) is 45.4. The van der Waals surface area contributed by atoms with E-state index >= 15 is 9.18 Å². The number of esters is 1. The fraction of sp³-hybridized carbons (Fsp3) is 0.672. The van der Waals surface area contributed by atoms with Gasteiger partial charge in [-0.05, 0) is 114 Å². The predicted octanol–water partition coefficient (Wildman–Crippen LogP) is 6.77. The number of hydrogen-bond donors (Lipinski definition) is 2. The van der Waals surface area contributed by atoms with E-state index in [0.717, 1.165) is 89.4 Å². The number of carbonyl (C=O) groups is 3. The number of carbonyl (C=O) groups excluding carboxylic acids is 3. The number of thiazole rings is 1. The van der Waals surface area contributed by atoms with Crippen LogP contribution in [0.25, 0.3) is 33.4 Å². The van der Waals surface area contributed by atoms with Crippen LogP contribution in [0.5, 0.6) is 0 Å². The van der Waals surface area contributed by atoms with Crippen molar-refractivity contribution in [1.82, 2.24) is 40.1 Å². The Morgan fingerprint density at radius 1 is 1.00 bits per heavy atom. The van der Waals surface area contributed by atoms with E-state index < -0.39 is 46.7 Å². The second-order valence-corrected chi connectivity index (χ2v) is 25.7. The lowest BCUT2D eigenvalue weighted by atomic mass is 9.66.